The lowest BCUT2D eigenvalue weighted by Crippen LogP contribution is -2.29. The van der Waals surface area contributed by atoms with Gasteiger partial charge in [0.2, 0.25) is 0 Å². The normalized spacial score (nSPS) is 10.9. The van der Waals surface area contributed by atoms with Crippen LogP contribution in [-0.2, 0) is 11.3 Å². The molecule has 4 heteroatoms. The van der Waals surface area contributed by atoms with Crippen LogP contribution in [0.3, 0.4) is 0 Å². The van der Waals surface area contributed by atoms with Crippen LogP contribution in [-0.4, -0.2) is 48.4 Å². The highest BCUT2D eigenvalue weighted by molar-refractivity contribution is 5.09. The number of hydrogen-bond donors (Lipinski definition) is 1. The quantitative estimate of drug-likeness (QED) is 0.712. The number of aliphatic hydroxyl groups is 1. The summed E-state index contributed by atoms with van der Waals surface area (Å²) in [5.74, 6) is 0. The molecule has 0 radical (unpaired) electrons. The number of ether oxygens (including phenoxy) is 1. The SMILES string of the molecule is COCCN(CCO)Cc1ccncc1. The molecule has 0 bridgehead atoms. The maximum absolute atomic E-state index is 8.92. The fourth-order valence-electron chi connectivity index (χ4n) is 1.38. The van der Waals surface area contributed by atoms with Gasteiger partial charge in [-0.3, -0.25) is 9.88 Å². The van der Waals surface area contributed by atoms with Crippen LogP contribution in [0.5, 0.6) is 0 Å². The molecule has 0 amide bonds. The Morgan fingerprint density at radius 3 is 2.67 bits per heavy atom. The molecule has 0 spiro atoms. The lowest BCUT2D eigenvalue weighted by molar-refractivity contribution is 0.127. The van der Waals surface area contributed by atoms with E-state index in [0.29, 0.717) is 13.2 Å². The first-order valence-corrected chi connectivity index (χ1v) is 5.08. The lowest BCUT2D eigenvalue weighted by atomic mass is 10.2. The summed E-state index contributed by atoms with van der Waals surface area (Å²) in [6.45, 7) is 3.19. The average Bonchev–Trinajstić information content (AvgIpc) is 2.28. The topological polar surface area (TPSA) is 45.6 Å². The Kier molecular flexibility index (Phi) is 5.92. The number of aliphatic hydroxyl groups excluding tert-OH is 1. The lowest BCUT2D eigenvalue weighted by Gasteiger charge is -2.20. The monoisotopic (exact) mass is 210 g/mol. The van der Waals surface area contributed by atoms with Crippen molar-refractivity contribution in [2.24, 2.45) is 0 Å². The van der Waals surface area contributed by atoms with Crippen LogP contribution in [0.15, 0.2) is 24.5 Å². The van der Waals surface area contributed by atoms with Crippen molar-refractivity contribution in [3.8, 4) is 0 Å². The molecule has 15 heavy (non-hydrogen) atoms. The molecular formula is C11H18N2O2. The molecule has 0 aliphatic rings. The molecule has 1 aromatic rings. The molecule has 84 valence electrons. The Morgan fingerprint density at radius 2 is 2.07 bits per heavy atom. The molecule has 1 rings (SSSR count). The summed E-state index contributed by atoms with van der Waals surface area (Å²) < 4.78 is 5.02. The fourth-order valence-corrected chi connectivity index (χ4v) is 1.38. The van der Waals surface area contributed by atoms with Gasteiger partial charge in [-0.05, 0) is 17.7 Å². The predicted molar refractivity (Wildman–Crippen MR) is 58.5 cm³/mol. The zero-order chi connectivity index (χ0) is 10.9. The Balaban J connectivity index is 2.43. The standard InChI is InChI=1S/C11H18N2O2/c1-15-9-7-13(6-8-14)10-11-2-4-12-5-3-11/h2-5,14H,6-10H2,1H3. The van der Waals surface area contributed by atoms with Crippen molar-refractivity contribution in [3.05, 3.63) is 30.1 Å². The van der Waals surface area contributed by atoms with E-state index in [-0.39, 0.29) is 6.61 Å². The second-order valence-electron chi connectivity index (χ2n) is 3.35. The molecule has 0 aliphatic carbocycles. The number of hydrogen-bond acceptors (Lipinski definition) is 4. The minimum absolute atomic E-state index is 0.175. The van der Waals surface area contributed by atoms with E-state index < -0.39 is 0 Å². The summed E-state index contributed by atoms with van der Waals surface area (Å²) in [4.78, 5) is 6.12. The summed E-state index contributed by atoms with van der Waals surface area (Å²) in [5, 5.41) is 8.92. The molecule has 0 fully saturated rings. The molecule has 1 heterocycles. The van der Waals surface area contributed by atoms with E-state index in [9.17, 15) is 0 Å². The second kappa shape index (κ2) is 7.34. The third kappa shape index (κ3) is 4.88. The molecule has 0 saturated heterocycles. The highest BCUT2D eigenvalue weighted by atomic mass is 16.5. The van der Waals surface area contributed by atoms with E-state index in [0.717, 1.165) is 13.1 Å². The number of rotatable bonds is 7. The highest BCUT2D eigenvalue weighted by Gasteiger charge is 2.04. The Bertz CT molecular complexity index is 254. The van der Waals surface area contributed by atoms with Crippen molar-refractivity contribution < 1.29 is 9.84 Å². The first-order valence-electron chi connectivity index (χ1n) is 5.08. The van der Waals surface area contributed by atoms with Gasteiger partial charge in [0, 0.05) is 39.1 Å². The van der Waals surface area contributed by atoms with Crippen LogP contribution in [0, 0.1) is 0 Å². The number of aromatic nitrogens is 1. The molecule has 1 aromatic heterocycles. The van der Waals surface area contributed by atoms with E-state index in [4.69, 9.17) is 9.84 Å². The molecule has 0 aliphatic heterocycles. The van der Waals surface area contributed by atoms with E-state index in [1.165, 1.54) is 5.56 Å². The van der Waals surface area contributed by atoms with Crippen molar-refractivity contribution in [3.63, 3.8) is 0 Å². The smallest absolute Gasteiger partial charge is 0.0589 e. The van der Waals surface area contributed by atoms with Crippen molar-refractivity contribution in [1.29, 1.82) is 0 Å². The Morgan fingerprint density at radius 1 is 1.33 bits per heavy atom. The molecular weight excluding hydrogens is 192 g/mol. The first-order chi connectivity index (χ1) is 7.36. The fraction of sp³-hybridized carbons (Fsp3) is 0.545. The molecule has 0 aromatic carbocycles. The van der Waals surface area contributed by atoms with E-state index >= 15 is 0 Å². The summed E-state index contributed by atoms with van der Waals surface area (Å²) in [5.41, 5.74) is 1.20. The maximum Gasteiger partial charge on any atom is 0.0589 e. The molecule has 0 unspecified atom stereocenters. The summed E-state index contributed by atoms with van der Waals surface area (Å²) >= 11 is 0. The largest absolute Gasteiger partial charge is 0.395 e. The van der Waals surface area contributed by atoms with Gasteiger partial charge in [0.1, 0.15) is 0 Å². The highest BCUT2D eigenvalue weighted by Crippen LogP contribution is 2.02. The van der Waals surface area contributed by atoms with E-state index in [1.807, 2.05) is 12.1 Å². The maximum atomic E-state index is 8.92. The van der Waals surface area contributed by atoms with Gasteiger partial charge in [0.15, 0.2) is 0 Å². The van der Waals surface area contributed by atoms with Crippen LogP contribution in [0.4, 0.5) is 0 Å². The Hall–Kier alpha value is -0.970. The minimum Gasteiger partial charge on any atom is -0.395 e. The van der Waals surface area contributed by atoms with Gasteiger partial charge in [0.05, 0.1) is 13.2 Å². The molecule has 0 saturated carbocycles. The van der Waals surface area contributed by atoms with Gasteiger partial charge < -0.3 is 9.84 Å². The van der Waals surface area contributed by atoms with Crippen LogP contribution in [0.1, 0.15) is 5.56 Å². The third-order valence-corrected chi connectivity index (χ3v) is 2.18. The molecule has 0 atom stereocenters. The van der Waals surface area contributed by atoms with Crippen molar-refractivity contribution in [2.75, 3.05) is 33.4 Å². The third-order valence-electron chi connectivity index (χ3n) is 2.18. The van der Waals surface area contributed by atoms with Gasteiger partial charge in [-0.2, -0.15) is 0 Å². The van der Waals surface area contributed by atoms with Crippen LogP contribution < -0.4 is 0 Å². The van der Waals surface area contributed by atoms with Crippen molar-refractivity contribution >= 4 is 0 Å². The summed E-state index contributed by atoms with van der Waals surface area (Å²) in [6.07, 6.45) is 3.56. The average molecular weight is 210 g/mol. The van der Waals surface area contributed by atoms with Gasteiger partial charge in [-0.1, -0.05) is 0 Å². The van der Waals surface area contributed by atoms with Gasteiger partial charge in [-0.25, -0.2) is 0 Å². The minimum atomic E-state index is 0.175. The summed E-state index contributed by atoms with van der Waals surface area (Å²) in [7, 11) is 1.68. The second-order valence-corrected chi connectivity index (χ2v) is 3.35. The van der Waals surface area contributed by atoms with Crippen molar-refractivity contribution in [1.82, 2.24) is 9.88 Å². The first kappa shape index (κ1) is 12.1. The predicted octanol–water partition coefficient (Wildman–Crippen LogP) is 0.522. The molecule has 1 N–H and O–H groups in total. The Labute approximate surface area is 90.5 Å². The van der Waals surface area contributed by atoms with E-state index in [1.54, 1.807) is 19.5 Å². The van der Waals surface area contributed by atoms with Crippen molar-refractivity contribution in [2.45, 2.75) is 6.54 Å². The molecule has 4 nitrogen and oxygen atoms in total. The van der Waals surface area contributed by atoms with E-state index in [2.05, 4.69) is 9.88 Å². The summed E-state index contributed by atoms with van der Waals surface area (Å²) in [6, 6.07) is 3.97. The van der Waals surface area contributed by atoms with Gasteiger partial charge in [-0.15, -0.1) is 0 Å². The van der Waals surface area contributed by atoms with Crippen LogP contribution in [0.2, 0.25) is 0 Å². The van der Waals surface area contributed by atoms with Crippen LogP contribution in [0.25, 0.3) is 0 Å². The number of nitrogens with zero attached hydrogens (tertiary/aromatic N) is 2. The number of methoxy groups -OCH3 is 1. The zero-order valence-electron chi connectivity index (χ0n) is 9.09. The van der Waals surface area contributed by atoms with Gasteiger partial charge in [0.25, 0.3) is 0 Å². The number of pyridine rings is 1. The zero-order valence-corrected chi connectivity index (χ0v) is 9.09. The van der Waals surface area contributed by atoms with Gasteiger partial charge >= 0.3 is 0 Å². The van der Waals surface area contributed by atoms with Crippen LogP contribution >= 0.6 is 0 Å².